The number of hydrogen-bond donors (Lipinski definition) is 0. The molecule has 6 nitrogen and oxygen atoms in total. The fraction of sp³-hybridized carbons (Fsp3) is 0. The van der Waals surface area contributed by atoms with Gasteiger partial charge in [-0.05, 0) is 11.6 Å². The molecule has 0 aromatic heterocycles. The van der Waals surface area contributed by atoms with Gasteiger partial charge in [0.25, 0.3) is 28.4 Å². The Morgan fingerprint density at radius 2 is 1.31 bits per heavy atom. The van der Waals surface area contributed by atoms with Crippen LogP contribution in [0.2, 0.25) is 0 Å². The van der Waals surface area contributed by atoms with Gasteiger partial charge in [0, 0.05) is 0 Å². The predicted molar refractivity (Wildman–Crippen MR) is 37.0 cm³/mol. The maximum atomic E-state index is 10.5. The summed E-state index contributed by atoms with van der Waals surface area (Å²) in [5.74, 6) is -7.30. The molecule has 0 rings (SSSR count). The first kappa shape index (κ1) is 11.3. The molecule has 0 saturated carbocycles. The Bertz CT molecular complexity index is 328. The highest BCUT2D eigenvalue weighted by Gasteiger charge is 2.31. The molecule has 0 aliphatic rings. The molecule has 0 spiro atoms. The highest BCUT2D eigenvalue weighted by Crippen LogP contribution is 1.88. The minimum Gasteiger partial charge on any atom is -0.294 e. The SMILES string of the molecule is O=CC(=O)C(=O)C(=O)C(=O)C(=O)Cl. The molecule has 0 aliphatic heterocycles. The molecule has 0 atom stereocenters. The van der Waals surface area contributed by atoms with Crippen LogP contribution in [0.3, 0.4) is 0 Å². The van der Waals surface area contributed by atoms with Gasteiger partial charge in [-0.25, -0.2) is 0 Å². The first-order chi connectivity index (χ1) is 5.91. The van der Waals surface area contributed by atoms with Gasteiger partial charge in [-0.15, -0.1) is 0 Å². The highest BCUT2D eigenvalue weighted by molar-refractivity contribution is 6.99. The third kappa shape index (κ3) is 2.68. The summed E-state index contributed by atoms with van der Waals surface area (Å²) in [6.45, 7) is 0. The summed E-state index contributed by atoms with van der Waals surface area (Å²) >= 11 is 4.55. The second kappa shape index (κ2) is 4.36. The predicted octanol–water partition coefficient (Wildman–Crippen LogP) is -1.77. The van der Waals surface area contributed by atoms with Crippen LogP contribution in [0.4, 0.5) is 0 Å². The van der Waals surface area contributed by atoms with Crippen LogP contribution >= 0.6 is 11.6 Å². The van der Waals surface area contributed by atoms with Gasteiger partial charge in [0.15, 0.2) is 6.29 Å². The summed E-state index contributed by atoms with van der Waals surface area (Å²) in [5.41, 5.74) is 0. The van der Waals surface area contributed by atoms with Gasteiger partial charge < -0.3 is 0 Å². The summed E-state index contributed by atoms with van der Waals surface area (Å²) in [7, 11) is 0. The van der Waals surface area contributed by atoms with Gasteiger partial charge in [-0.1, -0.05) is 0 Å². The third-order valence-electron chi connectivity index (χ3n) is 0.922. The molecule has 0 radical (unpaired) electrons. The van der Waals surface area contributed by atoms with Crippen LogP contribution in [0.15, 0.2) is 0 Å². The molecule has 0 bridgehead atoms. The number of Topliss-reactive ketones (excluding diaryl/α,β-unsaturated/α-hetero) is 4. The van der Waals surface area contributed by atoms with Crippen LogP contribution in [-0.4, -0.2) is 34.7 Å². The van der Waals surface area contributed by atoms with Crippen molar-refractivity contribution in [1.29, 1.82) is 0 Å². The molecule has 0 N–H and O–H groups in total. The number of carbonyl (C=O) groups is 6. The van der Waals surface area contributed by atoms with Crippen molar-refractivity contribution in [2.75, 3.05) is 0 Å². The lowest BCUT2D eigenvalue weighted by molar-refractivity contribution is -0.150. The Morgan fingerprint density at radius 1 is 0.846 bits per heavy atom. The van der Waals surface area contributed by atoms with Crippen molar-refractivity contribution in [3.63, 3.8) is 0 Å². The van der Waals surface area contributed by atoms with Gasteiger partial charge in [-0.3, -0.25) is 28.8 Å². The normalized spacial score (nSPS) is 8.69. The molecule has 0 saturated heterocycles. The van der Waals surface area contributed by atoms with Gasteiger partial charge in [0.05, 0.1) is 0 Å². The molecule has 0 aromatic rings. The second-order valence-electron chi connectivity index (χ2n) is 1.74. The maximum Gasteiger partial charge on any atom is 0.296 e. The van der Waals surface area contributed by atoms with Crippen molar-refractivity contribution in [2.24, 2.45) is 0 Å². The molecule has 0 aliphatic carbocycles. The van der Waals surface area contributed by atoms with Gasteiger partial charge in [0.1, 0.15) is 0 Å². The third-order valence-corrected chi connectivity index (χ3v) is 1.09. The van der Waals surface area contributed by atoms with Gasteiger partial charge >= 0.3 is 0 Å². The number of aldehydes is 1. The summed E-state index contributed by atoms with van der Waals surface area (Å²) in [5, 5.41) is -1.68. The van der Waals surface area contributed by atoms with E-state index in [0.717, 1.165) is 0 Å². The van der Waals surface area contributed by atoms with Crippen LogP contribution in [0.1, 0.15) is 0 Å². The van der Waals surface area contributed by atoms with E-state index < -0.39 is 34.7 Å². The first-order valence-corrected chi connectivity index (χ1v) is 3.11. The fourth-order valence-corrected chi connectivity index (χ4v) is 0.444. The fourth-order valence-electron chi connectivity index (χ4n) is 0.358. The summed E-state index contributed by atoms with van der Waals surface area (Å²) in [6, 6.07) is 0. The zero-order chi connectivity index (χ0) is 10.6. The molecule has 68 valence electrons. The van der Waals surface area contributed by atoms with Crippen molar-refractivity contribution in [3.05, 3.63) is 0 Å². The lowest BCUT2D eigenvalue weighted by atomic mass is 10.1. The molecule has 0 heterocycles. The molecular formula is C6HClO6. The van der Waals surface area contributed by atoms with E-state index in [1.165, 1.54) is 0 Å². The molecule has 0 aromatic carbocycles. The summed E-state index contributed by atoms with van der Waals surface area (Å²) < 4.78 is 0. The van der Waals surface area contributed by atoms with E-state index in [9.17, 15) is 28.8 Å². The average molecular weight is 205 g/mol. The van der Waals surface area contributed by atoms with Crippen LogP contribution in [-0.2, 0) is 28.8 Å². The number of hydrogen-bond acceptors (Lipinski definition) is 6. The van der Waals surface area contributed by atoms with E-state index in [1.54, 1.807) is 0 Å². The molecule has 7 heteroatoms. The molecule has 13 heavy (non-hydrogen) atoms. The van der Waals surface area contributed by atoms with Gasteiger partial charge in [-0.2, -0.15) is 0 Å². The van der Waals surface area contributed by atoms with Crippen LogP contribution < -0.4 is 0 Å². The Morgan fingerprint density at radius 3 is 1.62 bits per heavy atom. The smallest absolute Gasteiger partial charge is 0.294 e. The summed E-state index contributed by atoms with van der Waals surface area (Å²) in [4.78, 5) is 61.3. The quantitative estimate of drug-likeness (QED) is 0.227. The van der Waals surface area contributed by atoms with Crippen molar-refractivity contribution in [2.45, 2.75) is 0 Å². The number of rotatable bonds is 5. The van der Waals surface area contributed by atoms with Gasteiger partial charge in [0.2, 0.25) is 0 Å². The van der Waals surface area contributed by atoms with Crippen molar-refractivity contribution >= 4 is 46.3 Å². The monoisotopic (exact) mass is 204 g/mol. The maximum absolute atomic E-state index is 10.5. The minimum atomic E-state index is -1.91. The van der Waals surface area contributed by atoms with E-state index in [2.05, 4.69) is 11.6 Å². The van der Waals surface area contributed by atoms with E-state index in [1.807, 2.05) is 0 Å². The molecule has 0 unspecified atom stereocenters. The number of halogens is 1. The number of carbonyl (C=O) groups excluding carboxylic acids is 6. The molecular weight excluding hydrogens is 204 g/mol. The topological polar surface area (TPSA) is 102 Å². The largest absolute Gasteiger partial charge is 0.296 e. The van der Waals surface area contributed by atoms with E-state index >= 15 is 0 Å². The van der Waals surface area contributed by atoms with Crippen LogP contribution in [0.25, 0.3) is 0 Å². The van der Waals surface area contributed by atoms with E-state index in [4.69, 9.17) is 0 Å². The Kier molecular flexibility index (Phi) is 3.80. The number of ketones is 4. The standard InChI is InChI=1S/C6HClO6/c7-6(13)5(12)4(11)3(10)2(9)1-8/h1H. The van der Waals surface area contributed by atoms with Crippen LogP contribution in [0, 0.1) is 0 Å². The summed E-state index contributed by atoms with van der Waals surface area (Å²) in [6.07, 6.45) is -0.438. The molecule has 0 fully saturated rings. The lowest BCUT2D eigenvalue weighted by Gasteiger charge is -1.88. The average Bonchev–Trinajstić information content (AvgIpc) is 2.12. The Hall–Kier alpha value is -1.69. The second-order valence-corrected chi connectivity index (χ2v) is 2.09. The molecule has 0 amide bonds. The van der Waals surface area contributed by atoms with Crippen molar-refractivity contribution in [3.8, 4) is 0 Å². The minimum absolute atomic E-state index is 0.438. The van der Waals surface area contributed by atoms with E-state index in [-0.39, 0.29) is 0 Å². The van der Waals surface area contributed by atoms with Crippen molar-refractivity contribution < 1.29 is 28.8 Å². The Labute approximate surface area is 75.8 Å². The van der Waals surface area contributed by atoms with E-state index in [0.29, 0.717) is 0 Å². The van der Waals surface area contributed by atoms with Crippen LogP contribution in [0.5, 0.6) is 0 Å². The zero-order valence-electron chi connectivity index (χ0n) is 5.90. The zero-order valence-corrected chi connectivity index (χ0v) is 6.66. The lowest BCUT2D eigenvalue weighted by Crippen LogP contribution is -2.33. The first-order valence-electron chi connectivity index (χ1n) is 2.73. The van der Waals surface area contributed by atoms with Crippen molar-refractivity contribution in [1.82, 2.24) is 0 Å². The Balaban J connectivity index is 4.73. The highest BCUT2D eigenvalue weighted by atomic mass is 35.5.